The van der Waals surface area contributed by atoms with E-state index < -0.39 is 5.92 Å². The van der Waals surface area contributed by atoms with Crippen LogP contribution in [0.15, 0.2) is 0 Å². The van der Waals surface area contributed by atoms with Crippen LogP contribution in [0.4, 0.5) is 8.78 Å². The highest BCUT2D eigenvalue weighted by molar-refractivity contribution is 4.91. The van der Waals surface area contributed by atoms with E-state index in [1.807, 2.05) is 0 Å². The lowest BCUT2D eigenvalue weighted by Crippen LogP contribution is -2.48. The van der Waals surface area contributed by atoms with Crippen molar-refractivity contribution in [1.29, 1.82) is 0 Å². The van der Waals surface area contributed by atoms with Crippen LogP contribution in [0.2, 0.25) is 0 Å². The van der Waals surface area contributed by atoms with E-state index in [9.17, 15) is 8.78 Å². The van der Waals surface area contributed by atoms with E-state index in [1.54, 1.807) is 0 Å². The quantitative estimate of drug-likeness (QED) is 0.698. The number of nitrogens with one attached hydrogen (secondary N) is 1. The Morgan fingerprint density at radius 1 is 1.42 bits per heavy atom. The third-order valence-corrected chi connectivity index (χ3v) is 2.30. The molecule has 0 spiro atoms. The summed E-state index contributed by atoms with van der Waals surface area (Å²) >= 11 is 0. The predicted molar refractivity (Wildman–Crippen MR) is 45.4 cm³/mol. The standard InChI is InChI=1S/C9H17F2N/c1-8(2)4-7(5-8)12-6-9(3,10)11/h7,12H,4-6H2,1-3H3. The van der Waals surface area contributed by atoms with Crippen molar-refractivity contribution in [1.82, 2.24) is 5.32 Å². The Hall–Kier alpha value is -0.180. The minimum absolute atomic E-state index is 0.187. The molecule has 0 aromatic rings. The average molecular weight is 177 g/mol. The van der Waals surface area contributed by atoms with Gasteiger partial charge in [-0.25, -0.2) is 8.78 Å². The summed E-state index contributed by atoms with van der Waals surface area (Å²) in [4.78, 5) is 0. The summed E-state index contributed by atoms with van der Waals surface area (Å²) in [5.74, 6) is -2.57. The smallest absolute Gasteiger partial charge is 0.257 e. The number of hydrogen-bond acceptors (Lipinski definition) is 1. The molecule has 0 atom stereocenters. The molecule has 0 bridgehead atoms. The number of hydrogen-bond donors (Lipinski definition) is 1. The van der Waals surface area contributed by atoms with E-state index in [-0.39, 0.29) is 6.54 Å². The first-order valence-corrected chi connectivity index (χ1v) is 4.40. The monoisotopic (exact) mass is 177 g/mol. The molecule has 1 nitrogen and oxygen atoms in total. The van der Waals surface area contributed by atoms with Crippen molar-refractivity contribution in [3.63, 3.8) is 0 Å². The Bertz CT molecular complexity index is 152. The summed E-state index contributed by atoms with van der Waals surface area (Å²) in [7, 11) is 0. The molecule has 0 amide bonds. The molecule has 0 heterocycles. The van der Waals surface area contributed by atoms with Gasteiger partial charge in [-0.15, -0.1) is 0 Å². The summed E-state index contributed by atoms with van der Waals surface area (Å²) in [5, 5.41) is 2.86. The van der Waals surface area contributed by atoms with Crippen LogP contribution in [0.3, 0.4) is 0 Å². The Morgan fingerprint density at radius 3 is 2.25 bits per heavy atom. The van der Waals surface area contributed by atoms with Crippen LogP contribution in [0.25, 0.3) is 0 Å². The minimum Gasteiger partial charge on any atom is -0.308 e. The molecule has 1 fully saturated rings. The van der Waals surface area contributed by atoms with Crippen molar-refractivity contribution < 1.29 is 8.78 Å². The van der Waals surface area contributed by atoms with Crippen LogP contribution in [0.1, 0.15) is 33.6 Å². The molecule has 1 aliphatic rings. The van der Waals surface area contributed by atoms with E-state index in [2.05, 4.69) is 19.2 Å². The van der Waals surface area contributed by atoms with Gasteiger partial charge in [0, 0.05) is 13.0 Å². The van der Waals surface area contributed by atoms with Crippen molar-refractivity contribution in [3.8, 4) is 0 Å². The molecule has 0 saturated heterocycles. The molecular weight excluding hydrogens is 160 g/mol. The minimum atomic E-state index is -2.57. The summed E-state index contributed by atoms with van der Waals surface area (Å²) in [6.07, 6.45) is 2.03. The fourth-order valence-corrected chi connectivity index (χ4v) is 1.74. The molecule has 72 valence electrons. The first-order chi connectivity index (χ1) is 5.29. The van der Waals surface area contributed by atoms with Gasteiger partial charge in [0.05, 0.1) is 6.54 Å². The van der Waals surface area contributed by atoms with Crippen LogP contribution in [0, 0.1) is 5.41 Å². The Balaban J connectivity index is 2.12. The number of alkyl halides is 2. The van der Waals surface area contributed by atoms with Gasteiger partial charge in [0.2, 0.25) is 0 Å². The zero-order chi connectivity index (χ0) is 9.41. The van der Waals surface area contributed by atoms with Gasteiger partial charge in [-0.05, 0) is 18.3 Å². The Morgan fingerprint density at radius 2 is 1.92 bits per heavy atom. The largest absolute Gasteiger partial charge is 0.308 e. The lowest BCUT2D eigenvalue weighted by Gasteiger charge is -2.43. The van der Waals surface area contributed by atoms with Gasteiger partial charge in [0.1, 0.15) is 0 Å². The maximum atomic E-state index is 12.4. The van der Waals surface area contributed by atoms with Crippen molar-refractivity contribution in [3.05, 3.63) is 0 Å². The molecule has 0 unspecified atom stereocenters. The first kappa shape index (κ1) is 9.90. The summed E-state index contributed by atoms with van der Waals surface area (Å²) in [6, 6.07) is 0.311. The van der Waals surface area contributed by atoms with Crippen LogP contribution < -0.4 is 5.32 Å². The highest BCUT2D eigenvalue weighted by atomic mass is 19.3. The molecule has 0 aromatic heterocycles. The van der Waals surface area contributed by atoms with Crippen molar-refractivity contribution >= 4 is 0 Å². The van der Waals surface area contributed by atoms with E-state index in [1.165, 1.54) is 0 Å². The van der Waals surface area contributed by atoms with E-state index >= 15 is 0 Å². The van der Waals surface area contributed by atoms with Gasteiger partial charge in [0.15, 0.2) is 0 Å². The molecular formula is C9H17F2N. The molecule has 0 aromatic carbocycles. The van der Waals surface area contributed by atoms with Crippen LogP contribution in [-0.4, -0.2) is 18.5 Å². The molecule has 3 heteroatoms. The second kappa shape index (κ2) is 2.95. The first-order valence-electron chi connectivity index (χ1n) is 4.40. The molecule has 1 rings (SSSR count). The van der Waals surface area contributed by atoms with Crippen LogP contribution in [-0.2, 0) is 0 Å². The van der Waals surface area contributed by atoms with Gasteiger partial charge in [-0.2, -0.15) is 0 Å². The van der Waals surface area contributed by atoms with Gasteiger partial charge in [0.25, 0.3) is 5.92 Å². The lowest BCUT2D eigenvalue weighted by molar-refractivity contribution is 0.00822. The summed E-state index contributed by atoms with van der Waals surface area (Å²) in [5.41, 5.74) is 0.362. The normalized spacial score (nSPS) is 23.8. The lowest BCUT2D eigenvalue weighted by atomic mass is 9.68. The molecule has 0 radical (unpaired) electrons. The average Bonchev–Trinajstić information content (AvgIpc) is 1.76. The third kappa shape index (κ3) is 3.05. The molecule has 1 saturated carbocycles. The van der Waals surface area contributed by atoms with Crippen LogP contribution >= 0.6 is 0 Å². The van der Waals surface area contributed by atoms with E-state index in [0.29, 0.717) is 11.5 Å². The van der Waals surface area contributed by atoms with Crippen molar-refractivity contribution in [2.24, 2.45) is 5.41 Å². The second-order valence-corrected chi connectivity index (χ2v) is 4.72. The summed E-state index contributed by atoms with van der Waals surface area (Å²) in [6.45, 7) is 5.09. The van der Waals surface area contributed by atoms with Crippen molar-refractivity contribution in [2.45, 2.75) is 45.6 Å². The topological polar surface area (TPSA) is 12.0 Å². The highest BCUT2D eigenvalue weighted by Gasteiger charge is 2.36. The molecule has 1 aliphatic carbocycles. The third-order valence-electron chi connectivity index (χ3n) is 2.30. The van der Waals surface area contributed by atoms with Gasteiger partial charge >= 0.3 is 0 Å². The molecule has 1 N–H and O–H groups in total. The maximum Gasteiger partial charge on any atom is 0.257 e. The maximum absolute atomic E-state index is 12.4. The van der Waals surface area contributed by atoms with Gasteiger partial charge in [-0.3, -0.25) is 0 Å². The number of rotatable bonds is 3. The van der Waals surface area contributed by atoms with Crippen LogP contribution in [0.5, 0.6) is 0 Å². The zero-order valence-electron chi connectivity index (χ0n) is 7.95. The predicted octanol–water partition coefficient (Wildman–Crippen LogP) is 2.42. The van der Waals surface area contributed by atoms with Gasteiger partial charge in [-0.1, -0.05) is 13.8 Å². The second-order valence-electron chi connectivity index (χ2n) is 4.72. The van der Waals surface area contributed by atoms with E-state index in [4.69, 9.17) is 0 Å². The molecule has 0 aliphatic heterocycles. The van der Waals surface area contributed by atoms with Crippen molar-refractivity contribution in [2.75, 3.05) is 6.54 Å². The number of halogens is 2. The highest BCUT2D eigenvalue weighted by Crippen LogP contribution is 2.39. The van der Waals surface area contributed by atoms with E-state index in [0.717, 1.165) is 19.8 Å². The molecule has 12 heavy (non-hydrogen) atoms. The Kier molecular flexibility index (Phi) is 2.43. The summed E-state index contributed by atoms with van der Waals surface area (Å²) < 4.78 is 24.7. The Labute approximate surface area is 72.5 Å². The fraction of sp³-hybridized carbons (Fsp3) is 1.00. The zero-order valence-corrected chi connectivity index (χ0v) is 7.95. The van der Waals surface area contributed by atoms with Gasteiger partial charge < -0.3 is 5.32 Å². The SMILES string of the molecule is CC(F)(F)CNC1CC(C)(C)C1. The fourth-order valence-electron chi connectivity index (χ4n) is 1.74.